The first-order chi connectivity index (χ1) is 11.3. The zero-order valence-electron chi connectivity index (χ0n) is 13.5. The third-order valence-electron chi connectivity index (χ3n) is 4.38. The van der Waals surface area contributed by atoms with E-state index in [4.69, 9.17) is 0 Å². The Hall–Kier alpha value is -2.37. The Balaban J connectivity index is 1.58. The van der Waals surface area contributed by atoms with Gasteiger partial charge in [0.15, 0.2) is 5.82 Å². The van der Waals surface area contributed by atoms with Gasteiger partial charge in [-0.3, -0.25) is 0 Å². The first kappa shape index (κ1) is 15.5. The van der Waals surface area contributed by atoms with Crippen molar-refractivity contribution >= 4 is 6.03 Å². The van der Waals surface area contributed by atoms with Crippen molar-refractivity contribution in [3.63, 3.8) is 0 Å². The fraction of sp³-hybridized carbons (Fsp3) is 0.471. The summed E-state index contributed by atoms with van der Waals surface area (Å²) in [7, 11) is 0. The molecule has 0 bridgehead atoms. The van der Waals surface area contributed by atoms with Crippen LogP contribution in [0.1, 0.15) is 31.7 Å². The summed E-state index contributed by atoms with van der Waals surface area (Å²) in [6, 6.07) is 5.74. The molecule has 1 saturated heterocycles. The summed E-state index contributed by atoms with van der Waals surface area (Å²) in [4.78, 5) is 18.6. The summed E-state index contributed by atoms with van der Waals surface area (Å²) in [5.74, 6) is 1.40. The quantitative estimate of drug-likeness (QED) is 0.943. The summed E-state index contributed by atoms with van der Waals surface area (Å²) >= 11 is 0. The number of carbonyl (C=O) groups is 1. The number of piperidine rings is 1. The lowest BCUT2D eigenvalue weighted by molar-refractivity contribution is 0.163. The monoisotopic (exact) mass is 313 g/mol. The van der Waals surface area contributed by atoms with Crippen molar-refractivity contribution < 1.29 is 4.79 Å². The van der Waals surface area contributed by atoms with Gasteiger partial charge in [0.1, 0.15) is 0 Å². The maximum atomic E-state index is 12.3. The molecule has 122 valence electrons. The van der Waals surface area contributed by atoms with Crippen LogP contribution in [0.25, 0.3) is 5.82 Å². The number of nitrogens with zero attached hydrogens (tertiary/aromatic N) is 4. The molecule has 6 nitrogen and oxygen atoms in total. The van der Waals surface area contributed by atoms with E-state index in [-0.39, 0.29) is 6.03 Å². The number of rotatable bonds is 4. The van der Waals surface area contributed by atoms with Crippen molar-refractivity contribution in [1.82, 2.24) is 25.0 Å². The molecule has 6 heteroatoms. The smallest absolute Gasteiger partial charge is 0.317 e. The molecule has 0 aliphatic carbocycles. The van der Waals surface area contributed by atoms with Crippen LogP contribution in [0.5, 0.6) is 0 Å². The number of urea groups is 1. The van der Waals surface area contributed by atoms with E-state index in [2.05, 4.69) is 22.3 Å². The first-order valence-corrected chi connectivity index (χ1v) is 8.24. The average Bonchev–Trinajstić information content (AvgIpc) is 3.14. The minimum atomic E-state index is 0.0283. The Bertz CT molecular complexity index is 640. The SMILES string of the molecule is CC[C@@H]1CCCN(C(=O)NCc2ccnc(-n3cccn3)c2)C1. The Morgan fingerprint density at radius 3 is 3.13 bits per heavy atom. The number of hydrogen-bond donors (Lipinski definition) is 1. The molecule has 1 N–H and O–H groups in total. The molecule has 1 fully saturated rings. The highest BCUT2D eigenvalue weighted by molar-refractivity contribution is 5.74. The van der Waals surface area contributed by atoms with Gasteiger partial charge in [0.2, 0.25) is 0 Å². The second-order valence-corrected chi connectivity index (χ2v) is 5.99. The van der Waals surface area contributed by atoms with Crippen molar-refractivity contribution in [3.8, 4) is 5.82 Å². The number of hydrogen-bond acceptors (Lipinski definition) is 3. The van der Waals surface area contributed by atoms with E-state index in [0.717, 1.165) is 37.3 Å². The van der Waals surface area contributed by atoms with Gasteiger partial charge in [0.05, 0.1) is 0 Å². The number of aromatic nitrogens is 3. The summed E-state index contributed by atoms with van der Waals surface area (Å²) in [5.41, 5.74) is 1.02. The van der Waals surface area contributed by atoms with Crippen LogP contribution < -0.4 is 5.32 Å². The lowest BCUT2D eigenvalue weighted by Crippen LogP contribution is -2.45. The van der Waals surface area contributed by atoms with Gasteiger partial charge in [-0.25, -0.2) is 14.5 Å². The van der Waals surface area contributed by atoms with Crippen LogP contribution in [0.3, 0.4) is 0 Å². The molecule has 0 unspecified atom stereocenters. The van der Waals surface area contributed by atoms with E-state index in [9.17, 15) is 4.79 Å². The number of likely N-dealkylation sites (tertiary alicyclic amines) is 1. The Morgan fingerprint density at radius 1 is 1.43 bits per heavy atom. The molecule has 2 amide bonds. The summed E-state index contributed by atoms with van der Waals surface area (Å²) in [6.07, 6.45) is 8.79. The zero-order chi connectivity index (χ0) is 16.1. The second-order valence-electron chi connectivity index (χ2n) is 5.99. The molecule has 1 aliphatic rings. The normalized spacial score (nSPS) is 18.0. The van der Waals surface area contributed by atoms with Crippen molar-refractivity contribution in [2.24, 2.45) is 5.92 Å². The van der Waals surface area contributed by atoms with Gasteiger partial charge < -0.3 is 10.2 Å². The highest BCUT2D eigenvalue weighted by atomic mass is 16.2. The van der Waals surface area contributed by atoms with Crippen molar-refractivity contribution in [1.29, 1.82) is 0 Å². The minimum Gasteiger partial charge on any atom is -0.334 e. The molecule has 2 aromatic rings. The molecule has 0 saturated carbocycles. The Labute approximate surface area is 136 Å². The van der Waals surface area contributed by atoms with E-state index < -0.39 is 0 Å². The molecule has 1 aliphatic heterocycles. The van der Waals surface area contributed by atoms with Crippen molar-refractivity contribution in [2.45, 2.75) is 32.7 Å². The molecule has 2 aromatic heterocycles. The lowest BCUT2D eigenvalue weighted by atomic mass is 9.96. The molecule has 3 heterocycles. The Kier molecular flexibility index (Phi) is 4.90. The molecular weight excluding hydrogens is 290 g/mol. The van der Waals surface area contributed by atoms with Gasteiger partial charge in [-0.2, -0.15) is 5.10 Å². The van der Waals surface area contributed by atoms with Crippen LogP contribution in [-0.4, -0.2) is 38.8 Å². The van der Waals surface area contributed by atoms with Gasteiger partial charge in [0, 0.05) is 38.2 Å². The van der Waals surface area contributed by atoms with Gasteiger partial charge in [-0.05, 0) is 42.5 Å². The number of nitrogens with one attached hydrogen (secondary N) is 1. The topological polar surface area (TPSA) is 63.1 Å². The van der Waals surface area contributed by atoms with Crippen LogP contribution in [0.2, 0.25) is 0 Å². The average molecular weight is 313 g/mol. The molecular formula is C17H23N5O. The van der Waals surface area contributed by atoms with Crippen LogP contribution in [0, 0.1) is 5.92 Å². The maximum absolute atomic E-state index is 12.3. The maximum Gasteiger partial charge on any atom is 0.317 e. The number of pyridine rings is 1. The highest BCUT2D eigenvalue weighted by Gasteiger charge is 2.22. The molecule has 23 heavy (non-hydrogen) atoms. The molecule has 0 radical (unpaired) electrons. The predicted molar refractivity (Wildman–Crippen MR) is 88.2 cm³/mol. The van der Waals surface area contributed by atoms with Crippen molar-refractivity contribution in [2.75, 3.05) is 13.1 Å². The van der Waals surface area contributed by atoms with Gasteiger partial charge in [0.25, 0.3) is 0 Å². The zero-order valence-corrected chi connectivity index (χ0v) is 13.5. The van der Waals surface area contributed by atoms with E-state index in [0.29, 0.717) is 12.5 Å². The first-order valence-electron chi connectivity index (χ1n) is 8.24. The van der Waals surface area contributed by atoms with E-state index in [1.165, 1.54) is 6.42 Å². The summed E-state index contributed by atoms with van der Waals surface area (Å²) in [6.45, 7) is 4.43. The minimum absolute atomic E-state index is 0.0283. The van der Waals surface area contributed by atoms with Gasteiger partial charge >= 0.3 is 6.03 Å². The number of carbonyl (C=O) groups excluding carboxylic acids is 1. The standard InChI is InChI=1S/C17H23N5O/c1-2-14-5-3-9-21(13-14)17(23)19-12-15-6-8-18-16(11-15)22-10-4-7-20-22/h4,6-8,10-11,14H,2-3,5,9,12-13H2,1H3,(H,19,23)/t14-/m1/s1. The summed E-state index contributed by atoms with van der Waals surface area (Å²) in [5, 5.41) is 7.19. The van der Waals surface area contributed by atoms with Gasteiger partial charge in [-0.1, -0.05) is 13.3 Å². The summed E-state index contributed by atoms with van der Waals surface area (Å²) < 4.78 is 1.71. The van der Waals surface area contributed by atoms with E-state index in [1.807, 2.05) is 29.3 Å². The van der Waals surface area contributed by atoms with E-state index >= 15 is 0 Å². The van der Waals surface area contributed by atoms with E-state index in [1.54, 1.807) is 17.1 Å². The highest BCUT2D eigenvalue weighted by Crippen LogP contribution is 2.19. The predicted octanol–water partition coefficient (Wildman–Crippen LogP) is 2.60. The largest absolute Gasteiger partial charge is 0.334 e. The lowest BCUT2D eigenvalue weighted by Gasteiger charge is -2.32. The second kappa shape index (κ2) is 7.26. The van der Waals surface area contributed by atoms with Crippen LogP contribution in [0.4, 0.5) is 4.79 Å². The van der Waals surface area contributed by atoms with Crippen LogP contribution in [0.15, 0.2) is 36.8 Å². The molecule has 0 aromatic carbocycles. The third kappa shape index (κ3) is 3.88. The van der Waals surface area contributed by atoms with Crippen LogP contribution in [-0.2, 0) is 6.54 Å². The Morgan fingerprint density at radius 2 is 2.35 bits per heavy atom. The fourth-order valence-corrected chi connectivity index (χ4v) is 2.97. The van der Waals surface area contributed by atoms with Crippen LogP contribution >= 0.6 is 0 Å². The molecule has 0 spiro atoms. The van der Waals surface area contributed by atoms with Gasteiger partial charge in [-0.15, -0.1) is 0 Å². The third-order valence-corrected chi connectivity index (χ3v) is 4.38. The molecule has 1 atom stereocenters. The number of amides is 2. The van der Waals surface area contributed by atoms with Crippen molar-refractivity contribution in [3.05, 3.63) is 42.4 Å². The molecule has 3 rings (SSSR count). The fourth-order valence-electron chi connectivity index (χ4n) is 2.97.